The molecule has 1 heterocycles. The van der Waals surface area contributed by atoms with Gasteiger partial charge in [-0.1, -0.05) is 28.1 Å². The van der Waals surface area contributed by atoms with Crippen LogP contribution in [0.4, 0.5) is 10.2 Å². The molecule has 0 unspecified atom stereocenters. The van der Waals surface area contributed by atoms with Crippen molar-refractivity contribution in [2.45, 2.75) is 0 Å². The van der Waals surface area contributed by atoms with Gasteiger partial charge in [-0.3, -0.25) is 4.79 Å². The van der Waals surface area contributed by atoms with Crippen LogP contribution in [0.1, 0.15) is 5.56 Å². The number of amides is 1. The van der Waals surface area contributed by atoms with Crippen LogP contribution >= 0.6 is 15.9 Å². The van der Waals surface area contributed by atoms with Gasteiger partial charge in [0.1, 0.15) is 11.6 Å². The van der Waals surface area contributed by atoms with Crippen molar-refractivity contribution < 1.29 is 9.18 Å². The quantitative estimate of drug-likeness (QED) is 0.877. The first-order valence-corrected chi connectivity index (χ1v) is 6.29. The number of carbonyl (C=O) groups is 1. The lowest BCUT2D eigenvalue weighted by Crippen LogP contribution is -2.08. The van der Waals surface area contributed by atoms with Gasteiger partial charge in [-0.25, -0.2) is 9.37 Å². The Morgan fingerprint density at radius 1 is 1.26 bits per heavy atom. The van der Waals surface area contributed by atoms with Crippen LogP contribution in [0, 0.1) is 5.82 Å². The highest BCUT2D eigenvalue weighted by Crippen LogP contribution is 2.12. The Kier molecular flexibility index (Phi) is 4.41. The van der Waals surface area contributed by atoms with Crippen molar-refractivity contribution in [3.8, 4) is 0 Å². The highest BCUT2D eigenvalue weighted by Gasteiger charge is 1.99. The summed E-state index contributed by atoms with van der Waals surface area (Å²) in [6.07, 6.45) is 4.56. The minimum Gasteiger partial charge on any atom is -0.307 e. The third-order valence-corrected chi connectivity index (χ3v) is 2.76. The summed E-state index contributed by atoms with van der Waals surface area (Å²) in [5.41, 5.74) is 0.749. The molecule has 1 aromatic carbocycles. The standard InChI is InChI=1S/C14H10BrFN2O/c15-11-7-8-17-13(9-11)18-14(19)6-3-10-1-4-12(16)5-2-10/h1-9H,(H,17,18,19)/b6-3+. The molecule has 19 heavy (non-hydrogen) atoms. The van der Waals surface area contributed by atoms with E-state index in [1.165, 1.54) is 18.2 Å². The second-order valence-electron chi connectivity index (χ2n) is 3.73. The summed E-state index contributed by atoms with van der Waals surface area (Å²) in [6.45, 7) is 0. The van der Waals surface area contributed by atoms with Crippen LogP contribution in [0.15, 0.2) is 53.1 Å². The number of nitrogens with zero attached hydrogens (tertiary/aromatic N) is 1. The molecule has 0 saturated heterocycles. The van der Waals surface area contributed by atoms with E-state index in [-0.39, 0.29) is 11.7 Å². The molecule has 0 fully saturated rings. The summed E-state index contributed by atoms with van der Waals surface area (Å²) in [4.78, 5) is 15.6. The molecule has 2 aromatic rings. The number of carbonyl (C=O) groups excluding carboxylic acids is 1. The average Bonchev–Trinajstić information content (AvgIpc) is 2.38. The number of rotatable bonds is 3. The highest BCUT2D eigenvalue weighted by atomic mass is 79.9. The first-order chi connectivity index (χ1) is 9.13. The van der Waals surface area contributed by atoms with E-state index < -0.39 is 0 Å². The van der Waals surface area contributed by atoms with Gasteiger partial charge in [0.25, 0.3) is 0 Å². The number of hydrogen-bond donors (Lipinski definition) is 1. The Balaban J connectivity index is 1.99. The van der Waals surface area contributed by atoms with Crippen molar-refractivity contribution >= 4 is 33.7 Å². The maximum Gasteiger partial charge on any atom is 0.249 e. The van der Waals surface area contributed by atoms with E-state index in [9.17, 15) is 9.18 Å². The fourth-order valence-electron chi connectivity index (χ4n) is 1.39. The first-order valence-electron chi connectivity index (χ1n) is 5.50. The Bertz CT molecular complexity index is 611. The van der Waals surface area contributed by atoms with Crippen molar-refractivity contribution in [1.29, 1.82) is 0 Å². The second-order valence-corrected chi connectivity index (χ2v) is 4.65. The molecule has 1 aromatic heterocycles. The van der Waals surface area contributed by atoms with E-state index in [0.29, 0.717) is 5.82 Å². The molecule has 0 atom stereocenters. The lowest BCUT2D eigenvalue weighted by molar-refractivity contribution is -0.111. The number of halogens is 2. The van der Waals surface area contributed by atoms with Crippen molar-refractivity contribution in [2.24, 2.45) is 0 Å². The number of aromatic nitrogens is 1. The average molecular weight is 321 g/mol. The van der Waals surface area contributed by atoms with Crippen LogP contribution in [0.3, 0.4) is 0 Å². The first kappa shape index (κ1) is 13.4. The van der Waals surface area contributed by atoms with Gasteiger partial charge >= 0.3 is 0 Å². The highest BCUT2D eigenvalue weighted by molar-refractivity contribution is 9.10. The van der Waals surface area contributed by atoms with Crippen LogP contribution in [0.5, 0.6) is 0 Å². The molecule has 96 valence electrons. The van der Waals surface area contributed by atoms with Gasteiger partial charge in [0.2, 0.25) is 5.91 Å². The molecule has 0 aliphatic heterocycles. The molecule has 0 spiro atoms. The fourth-order valence-corrected chi connectivity index (χ4v) is 1.72. The molecule has 3 nitrogen and oxygen atoms in total. The summed E-state index contributed by atoms with van der Waals surface area (Å²) in [5.74, 6) is -0.141. The van der Waals surface area contributed by atoms with Crippen LogP contribution in [0.25, 0.3) is 6.08 Å². The summed E-state index contributed by atoms with van der Waals surface area (Å²) in [6, 6.07) is 9.33. The topological polar surface area (TPSA) is 42.0 Å². The summed E-state index contributed by atoms with van der Waals surface area (Å²) < 4.78 is 13.5. The van der Waals surface area contributed by atoms with Crippen molar-refractivity contribution in [1.82, 2.24) is 4.98 Å². The molecule has 0 saturated carbocycles. The number of hydrogen-bond acceptors (Lipinski definition) is 2. The van der Waals surface area contributed by atoms with Crippen molar-refractivity contribution in [3.05, 3.63) is 64.5 Å². The molecular formula is C14H10BrFN2O. The van der Waals surface area contributed by atoms with Gasteiger partial charge in [-0.15, -0.1) is 0 Å². The largest absolute Gasteiger partial charge is 0.307 e. The number of nitrogens with one attached hydrogen (secondary N) is 1. The van der Waals surface area contributed by atoms with Crippen molar-refractivity contribution in [2.75, 3.05) is 5.32 Å². The van der Waals surface area contributed by atoms with E-state index in [4.69, 9.17) is 0 Å². The zero-order valence-electron chi connectivity index (χ0n) is 9.81. The molecule has 0 bridgehead atoms. The van der Waals surface area contributed by atoms with Crippen LogP contribution in [-0.2, 0) is 4.79 Å². The van der Waals surface area contributed by atoms with Gasteiger partial charge in [0.15, 0.2) is 0 Å². The number of anilines is 1. The van der Waals surface area contributed by atoms with Crippen LogP contribution in [-0.4, -0.2) is 10.9 Å². The SMILES string of the molecule is O=C(/C=C/c1ccc(F)cc1)Nc1cc(Br)ccn1. The molecule has 0 radical (unpaired) electrons. The number of benzene rings is 1. The van der Waals surface area contributed by atoms with E-state index in [1.807, 2.05) is 0 Å². The minimum atomic E-state index is -0.306. The van der Waals surface area contributed by atoms with Gasteiger partial charge in [0, 0.05) is 16.7 Å². The summed E-state index contributed by atoms with van der Waals surface area (Å²) in [7, 11) is 0. The molecule has 1 amide bonds. The normalized spacial score (nSPS) is 10.6. The molecule has 0 aliphatic carbocycles. The Morgan fingerprint density at radius 3 is 2.68 bits per heavy atom. The predicted octanol–water partition coefficient (Wildman–Crippen LogP) is 3.64. The maximum absolute atomic E-state index is 12.7. The molecule has 5 heteroatoms. The zero-order chi connectivity index (χ0) is 13.7. The summed E-state index contributed by atoms with van der Waals surface area (Å²) in [5, 5.41) is 2.62. The van der Waals surface area contributed by atoms with E-state index in [2.05, 4.69) is 26.2 Å². The molecule has 2 rings (SSSR count). The minimum absolute atomic E-state index is 0.296. The smallest absolute Gasteiger partial charge is 0.249 e. The van der Waals surface area contributed by atoms with Crippen LogP contribution < -0.4 is 5.32 Å². The van der Waals surface area contributed by atoms with Crippen LogP contribution in [0.2, 0.25) is 0 Å². The Morgan fingerprint density at radius 2 is 2.00 bits per heavy atom. The Hall–Kier alpha value is -2.01. The summed E-state index contributed by atoms with van der Waals surface area (Å²) >= 11 is 3.29. The zero-order valence-corrected chi connectivity index (χ0v) is 11.4. The van der Waals surface area contributed by atoms with E-state index in [1.54, 1.807) is 36.5 Å². The van der Waals surface area contributed by atoms with Gasteiger partial charge < -0.3 is 5.32 Å². The Labute approximate surface area is 118 Å². The number of pyridine rings is 1. The monoisotopic (exact) mass is 320 g/mol. The third kappa shape index (κ3) is 4.30. The maximum atomic E-state index is 12.7. The lowest BCUT2D eigenvalue weighted by atomic mass is 10.2. The molecule has 1 N–H and O–H groups in total. The molecule has 0 aliphatic rings. The second kappa shape index (κ2) is 6.24. The van der Waals surface area contributed by atoms with E-state index >= 15 is 0 Å². The van der Waals surface area contributed by atoms with Crippen molar-refractivity contribution in [3.63, 3.8) is 0 Å². The van der Waals surface area contributed by atoms with E-state index in [0.717, 1.165) is 10.0 Å². The third-order valence-electron chi connectivity index (χ3n) is 2.27. The van der Waals surface area contributed by atoms with Gasteiger partial charge in [-0.05, 0) is 35.9 Å². The van der Waals surface area contributed by atoms with Gasteiger partial charge in [0.05, 0.1) is 0 Å². The fraction of sp³-hybridized carbons (Fsp3) is 0. The predicted molar refractivity (Wildman–Crippen MR) is 76.0 cm³/mol. The molecular weight excluding hydrogens is 311 g/mol. The van der Waals surface area contributed by atoms with Gasteiger partial charge in [-0.2, -0.15) is 0 Å². The lowest BCUT2D eigenvalue weighted by Gasteiger charge is -2.00.